The molecule has 0 aliphatic carbocycles. The Kier molecular flexibility index (Phi) is 3.80. The summed E-state index contributed by atoms with van der Waals surface area (Å²) >= 11 is 6.14. The molecule has 0 amide bonds. The van der Waals surface area contributed by atoms with Crippen LogP contribution in [0.2, 0.25) is 5.02 Å². The van der Waals surface area contributed by atoms with Crippen LogP contribution in [-0.2, 0) is 0 Å². The van der Waals surface area contributed by atoms with E-state index >= 15 is 0 Å². The third-order valence-electron chi connectivity index (χ3n) is 2.55. The summed E-state index contributed by atoms with van der Waals surface area (Å²) in [6.07, 6.45) is 1.15. The fourth-order valence-electron chi connectivity index (χ4n) is 1.83. The molecule has 0 aliphatic rings. The topological polar surface area (TPSA) is 0 Å². The second-order valence-corrected chi connectivity index (χ2v) is 4.19. The molecule has 72 valence electrons. The van der Waals surface area contributed by atoms with Gasteiger partial charge in [-0.25, -0.2) is 0 Å². The smallest absolute Gasteiger partial charge is 0.0440 e. The zero-order valence-corrected chi connectivity index (χ0v) is 9.31. The minimum absolute atomic E-state index is 0.591. The zero-order valence-electron chi connectivity index (χ0n) is 8.55. The Balaban J connectivity index is 2.97. The van der Waals surface area contributed by atoms with Gasteiger partial charge in [0.1, 0.15) is 0 Å². The van der Waals surface area contributed by atoms with Gasteiger partial charge in [-0.2, -0.15) is 0 Å². The highest BCUT2D eigenvalue weighted by Gasteiger charge is 2.15. The predicted molar refractivity (Wildman–Crippen MR) is 59.3 cm³/mol. The van der Waals surface area contributed by atoms with Gasteiger partial charge in [-0.3, -0.25) is 0 Å². The molecule has 0 aromatic heterocycles. The first-order valence-electron chi connectivity index (χ1n) is 4.91. The summed E-state index contributed by atoms with van der Waals surface area (Å²) in [5.41, 5.74) is 1.29. The van der Waals surface area contributed by atoms with Gasteiger partial charge in [0.25, 0.3) is 0 Å². The molecular weight excluding hydrogens is 180 g/mol. The van der Waals surface area contributed by atoms with E-state index in [0.29, 0.717) is 11.8 Å². The van der Waals surface area contributed by atoms with Crippen LogP contribution in [0, 0.1) is 5.92 Å². The molecule has 0 bridgehead atoms. The fraction of sp³-hybridized carbons (Fsp3) is 0.500. The van der Waals surface area contributed by atoms with E-state index in [4.69, 9.17) is 11.6 Å². The van der Waals surface area contributed by atoms with Crippen molar-refractivity contribution in [2.75, 3.05) is 0 Å². The molecule has 0 spiro atoms. The molecule has 0 saturated heterocycles. The van der Waals surface area contributed by atoms with Gasteiger partial charge >= 0.3 is 0 Å². The molecule has 13 heavy (non-hydrogen) atoms. The zero-order chi connectivity index (χ0) is 9.84. The van der Waals surface area contributed by atoms with E-state index in [1.807, 2.05) is 12.1 Å². The Morgan fingerprint density at radius 2 is 1.85 bits per heavy atom. The van der Waals surface area contributed by atoms with Crippen LogP contribution in [-0.4, -0.2) is 0 Å². The van der Waals surface area contributed by atoms with Crippen molar-refractivity contribution in [3.05, 3.63) is 34.9 Å². The standard InChI is InChI=1S/C12H17Cl/c1-4-10(9(2)3)11-7-5-6-8-12(11)13/h5-10H,4H2,1-3H3. The summed E-state index contributed by atoms with van der Waals surface area (Å²) in [6, 6.07) is 8.16. The maximum atomic E-state index is 6.14. The molecule has 1 unspecified atom stereocenters. The average molecular weight is 197 g/mol. The Hall–Kier alpha value is -0.490. The van der Waals surface area contributed by atoms with Crippen LogP contribution in [0.4, 0.5) is 0 Å². The van der Waals surface area contributed by atoms with E-state index in [1.54, 1.807) is 0 Å². The van der Waals surface area contributed by atoms with Crippen molar-refractivity contribution in [1.82, 2.24) is 0 Å². The maximum absolute atomic E-state index is 6.14. The van der Waals surface area contributed by atoms with Gasteiger partial charge in [-0.1, -0.05) is 50.6 Å². The highest BCUT2D eigenvalue weighted by atomic mass is 35.5. The first-order valence-corrected chi connectivity index (χ1v) is 5.29. The van der Waals surface area contributed by atoms with Crippen molar-refractivity contribution in [2.45, 2.75) is 33.1 Å². The van der Waals surface area contributed by atoms with Crippen LogP contribution >= 0.6 is 11.6 Å². The maximum Gasteiger partial charge on any atom is 0.0440 e. The van der Waals surface area contributed by atoms with Crippen LogP contribution in [0.1, 0.15) is 38.7 Å². The lowest BCUT2D eigenvalue weighted by molar-refractivity contribution is 0.485. The Morgan fingerprint density at radius 3 is 2.31 bits per heavy atom. The van der Waals surface area contributed by atoms with Crippen LogP contribution in [0.5, 0.6) is 0 Å². The van der Waals surface area contributed by atoms with E-state index in [-0.39, 0.29) is 0 Å². The monoisotopic (exact) mass is 196 g/mol. The van der Waals surface area contributed by atoms with E-state index in [0.717, 1.165) is 11.4 Å². The molecule has 0 nitrogen and oxygen atoms in total. The van der Waals surface area contributed by atoms with E-state index in [9.17, 15) is 0 Å². The van der Waals surface area contributed by atoms with Crippen LogP contribution in [0.15, 0.2) is 24.3 Å². The Labute approximate surface area is 85.9 Å². The SMILES string of the molecule is CCC(c1ccccc1Cl)C(C)C. The minimum atomic E-state index is 0.591. The molecule has 1 aromatic carbocycles. The van der Waals surface area contributed by atoms with Gasteiger partial charge < -0.3 is 0 Å². The summed E-state index contributed by atoms with van der Waals surface area (Å²) in [5.74, 6) is 1.25. The van der Waals surface area contributed by atoms with Crippen molar-refractivity contribution in [3.8, 4) is 0 Å². The summed E-state index contributed by atoms with van der Waals surface area (Å²) in [6.45, 7) is 6.71. The fourth-order valence-corrected chi connectivity index (χ4v) is 2.10. The second-order valence-electron chi connectivity index (χ2n) is 3.78. The molecule has 0 saturated carbocycles. The molecule has 1 aromatic rings. The van der Waals surface area contributed by atoms with Crippen LogP contribution in [0.3, 0.4) is 0 Å². The summed E-state index contributed by atoms with van der Waals surface area (Å²) in [4.78, 5) is 0. The van der Waals surface area contributed by atoms with Crippen molar-refractivity contribution in [3.63, 3.8) is 0 Å². The van der Waals surface area contributed by atoms with Crippen molar-refractivity contribution in [2.24, 2.45) is 5.92 Å². The molecule has 0 fully saturated rings. The Bertz CT molecular complexity index is 266. The van der Waals surface area contributed by atoms with Gasteiger partial charge in [0.15, 0.2) is 0 Å². The number of hydrogen-bond donors (Lipinski definition) is 0. The highest BCUT2D eigenvalue weighted by molar-refractivity contribution is 6.31. The summed E-state index contributed by atoms with van der Waals surface area (Å²) < 4.78 is 0. The van der Waals surface area contributed by atoms with Crippen molar-refractivity contribution >= 4 is 11.6 Å². The molecule has 0 radical (unpaired) electrons. The lowest BCUT2D eigenvalue weighted by Gasteiger charge is -2.20. The van der Waals surface area contributed by atoms with Gasteiger partial charge in [0.05, 0.1) is 0 Å². The first-order chi connectivity index (χ1) is 6.16. The summed E-state index contributed by atoms with van der Waals surface area (Å²) in [5, 5.41) is 0.906. The highest BCUT2D eigenvalue weighted by Crippen LogP contribution is 2.32. The Morgan fingerprint density at radius 1 is 1.23 bits per heavy atom. The molecule has 1 atom stereocenters. The third-order valence-corrected chi connectivity index (χ3v) is 2.89. The molecule has 0 aliphatic heterocycles. The molecule has 1 rings (SSSR count). The quantitative estimate of drug-likeness (QED) is 0.668. The van der Waals surface area contributed by atoms with Gasteiger partial charge in [-0.05, 0) is 29.9 Å². The van der Waals surface area contributed by atoms with E-state index < -0.39 is 0 Å². The number of rotatable bonds is 3. The van der Waals surface area contributed by atoms with Crippen LogP contribution < -0.4 is 0 Å². The van der Waals surface area contributed by atoms with Crippen molar-refractivity contribution in [1.29, 1.82) is 0 Å². The van der Waals surface area contributed by atoms with E-state index in [2.05, 4.69) is 32.9 Å². The lowest BCUT2D eigenvalue weighted by atomic mass is 9.86. The van der Waals surface area contributed by atoms with Gasteiger partial charge in [0, 0.05) is 5.02 Å². The predicted octanol–water partition coefficient (Wildman–Crippen LogP) is 4.49. The largest absolute Gasteiger partial charge is 0.0840 e. The van der Waals surface area contributed by atoms with Crippen molar-refractivity contribution < 1.29 is 0 Å². The minimum Gasteiger partial charge on any atom is -0.0840 e. The molecule has 0 N–H and O–H groups in total. The average Bonchev–Trinajstić information content (AvgIpc) is 2.09. The normalized spacial score (nSPS) is 13.3. The molecule has 0 heterocycles. The second kappa shape index (κ2) is 4.66. The number of benzene rings is 1. The third kappa shape index (κ3) is 2.47. The lowest BCUT2D eigenvalue weighted by Crippen LogP contribution is -2.05. The van der Waals surface area contributed by atoms with Gasteiger partial charge in [-0.15, -0.1) is 0 Å². The van der Waals surface area contributed by atoms with Crippen LogP contribution in [0.25, 0.3) is 0 Å². The molecular formula is C12H17Cl. The first kappa shape index (κ1) is 10.6. The summed E-state index contributed by atoms with van der Waals surface area (Å²) in [7, 11) is 0. The number of halogens is 1. The van der Waals surface area contributed by atoms with E-state index in [1.165, 1.54) is 5.56 Å². The molecule has 1 heteroatoms. The number of hydrogen-bond acceptors (Lipinski definition) is 0. The van der Waals surface area contributed by atoms with Gasteiger partial charge in [0.2, 0.25) is 0 Å².